The van der Waals surface area contributed by atoms with E-state index in [0.717, 1.165) is 0 Å². The number of carbonyl (C=O) groups is 2. The summed E-state index contributed by atoms with van der Waals surface area (Å²) < 4.78 is 0. The van der Waals surface area contributed by atoms with Crippen molar-refractivity contribution in [2.45, 2.75) is 0 Å². The van der Waals surface area contributed by atoms with Crippen LogP contribution in [-0.2, 0) is 4.79 Å². The number of nitriles is 3. The second kappa shape index (κ2) is 6.34. The van der Waals surface area contributed by atoms with Gasteiger partial charge in [-0.25, -0.2) is 4.79 Å². The number of carboxylic acids is 1. The fraction of sp³-hybridized carbons (Fsp3) is 0. The predicted molar refractivity (Wildman–Crippen MR) is 65.9 cm³/mol. The van der Waals surface area contributed by atoms with Crippen LogP contribution in [0.15, 0.2) is 35.5 Å². The molecule has 1 aromatic rings. The summed E-state index contributed by atoms with van der Waals surface area (Å²) in [6, 6.07) is 10.2. The van der Waals surface area contributed by atoms with Crippen molar-refractivity contribution in [1.29, 1.82) is 15.8 Å². The molecule has 96 valence electrons. The second-order valence-electron chi connectivity index (χ2n) is 3.39. The van der Waals surface area contributed by atoms with Crippen molar-refractivity contribution < 1.29 is 14.7 Å². The topological polar surface area (TPSA) is 138 Å². The fourth-order valence-corrected chi connectivity index (χ4v) is 1.32. The summed E-state index contributed by atoms with van der Waals surface area (Å²) in [5.41, 5.74) is -0.979. The SMILES string of the molecule is N#CC(C#N)=C(C#N)Nc1ccccc1C(=O)C(=O)O. The average molecular weight is 266 g/mol. The summed E-state index contributed by atoms with van der Waals surface area (Å²) in [5.74, 6) is -2.82. The van der Waals surface area contributed by atoms with Gasteiger partial charge in [0.1, 0.15) is 23.9 Å². The highest BCUT2D eigenvalue weighted by atomic mass is 16.4. The Labute approximate surface area is 113 Å². The van der Waals surface area contributed by atoms with Crippen molar-refractivity contribution in [2.75, 3.05) is 5.32 Å². The lowest BCUT2D eigenvalue weighted by molar-refractivity contribution is -0.131. The molecule has 1 aromatic carbocycles. The third-order valence-corrected chi connectivity index (χ3v) is 2.21. The van der Waals surface area contributed by atoms with Crippen molar-refractivity contribution >= 4 is 17.4 Å². The number of carboxylic acid groups (broad SMARTS) is 1. The van der Waals surface area contributed by atoms with Gasteiger partial charge in [0.25, 0.3) is 5.78 Å². The smallest absolute Gasteiger partial charge is 0.377 e. The summed E-state index contributed by atoms with van der Waals surface area (Å²) in [6.45, 7) is 0. The highest BCUT2D eigenvalue weighted by Crippen LogP contribution is 2.18. The van der Waals surface area contributed by atoms with E-state index in [1.165, 1.54) is 36.4 Å². The van der Waals surface area contributed by atoms with Crippen LogP contribution in [0.25, 0.3) is 0 Å². The molecule has 0 aliphatic heterocycles. The van der Waals surface area contributed by atoms with E-state index in [4.69, 9.17) is 20.9 Å². The summed E-state index contributed by atoms with van der Waals surface area (Å²) in [4.78, 5) is 22.2. The fourth-order valence-electron chi connectivity index (χ4n) is 1.32. The molecule has 0 heterocycles. The van der Waals surface area contributed by atoms with Gasteiger partial charge >= 0.3 is 5.97 Å². The third kappa shape index (κ3) is 2.98. The molecule has 0 saturated heterocycles. The molecule has 0 saturated carbocycles. The summed E-state index contributed by atoms with van der Waals surface area (Å²) in [7, 11) is 0. The summed E-state index contributed by atoms with van der Waals surface area (Å²) in [5, 5.41) is 37.4. The molecule has 0 aliphatic carbocycles. The molecule has 1 rings (SSSR count). The highest BCUT2D eigenvalue weighted by molar-refractivity contribution is 6.41. The zero-order valence-corrected chi connectivity index (χ0v) is 9.91. The number of allylic oxidation sites excluding steroid dienone is 2. The first-order valence-corrected chi connectivity index (χ1v) is 5.13. The predicted octanol–water partition coefficient (Wildman–Crippen LogP) is 1.19. The van der Waals surface area contributed by atoms with Crippen molar-refractivity contribution in [1.82, 2.24) is 0 Å². The molecule has 0 unspecified atom stereocenters. The van der Waals surface area contributed by atoms with Crippen LogP contribution in [0.2, 0.25) is 0 Å². The van der Waals surface area contributed by atoms with Gasteiger partial charge < -0.3 is 10.4 Å². The first kappa shape index (κ1) is 14.4. The number of para-hydroxylation sites is 1. The Hall–Kier alpha value is -3.63. The minimum atomic E-state index is -1.65. The number of nitrogens with zero attached hydrogens (tertiary/aromatic N) is 3. The van der Waals surface area contributed by atoms with Crippen LogP contribution in [0.3, 0.4) is 0 Å². The van der Waals surface area contributed by atoms with Crippen molar-refractivity contribution in [3.05, 3.63) is 41.1 Å². The van der Waals surface area contributed by atoms with E-state index in [-0.39, 0.29) is 16.9 Å². The zero-order valence-electron chi connectivity index (χ0n) is 9.91. The summed E-state index contributed by atoms with van der Waals surface area (Å²) >= 11 is 0. The second-order valence-corrected chi connectivity index (χ2v) is 3.39. The number of carbonyl (C=O) groups excluding carboxylic acids is 1. The van der Waals surface area contributed by atoms with Gasteiger partial charge in [0.05, 0.1) is 11.3 Å². The first-order valence-electron chi connectivity index (χ1n) is 5.13. The summed E-state index contributed by atoms with van der Waals surface area (Å²) in [6.07, 6.45) is 0. The van der Waals surface area contributed by atoms with E-state index in [1.54, 1.807) is 6.07 Å². The molecule has 0 spiro atoms. The maximum atomic E-state index is 11.5. The maximum Gasteiger partial charge on any atom is 0.377 e. The monoisotopic (exact) mass is 266 g/mol. The molecular formula is C13H6N4O3. The van der Waals surface area contributed by atoms with Gasteiger partial charge in [-0.3, -0.25) is 4.79 Å². The molecule has 0 radical (unpaired) electrons. The molecule has 0 aliphatic rings. The van der Waals surface area contributed by atoms with Gasteiger partial charge in [-0.05, 0) is 12.1 Å². The van der Waals surface area contributed by atoms with E-state index in [2.05, 4.69) is 5.32 Å². The van der Waals surface area contributed by atoms with Crippen molar-refractivity contribution in [2.24, 2.45) is 0 Å². The quantitative estimate of drug-likeness (QED) is 0.474. The van der Waals surface area contributed by atoms with Crippen LogP contribution in [-0.4, -0.2) is 16.9 Å². The molecule has 7 heteroatoms. The molecule has 7 nitrogen and oxygen atoms in total. The normalized spacial score (nSPS) is 8.45. The van der Waals surface area contributed by atoms with Gasteiger partial charge in [-0.2, -0.15) is 15.8 Å². The molecule has 0 fully saturated rings. The Balaban J connectivity index is 3.32. The highest BCUT2D eigenvalue weighted by Gasteiger charge is 2.19. The number of nitrogens with one attached hydrogen (secondary N) is 1. The molecule has 0 amide bonds. The van der Waals surface area contributed by atoms with Gasteiger partial charge in [0.15, 0.2) is 5.57 Å². The number of hydrogen-bond donors (Lipinski definition) is 2. The van der Waals surface area contributed by atoms with Crippen molar-refractivity contribution in [3.8, 4) is 18.2 Å². The van der Waals surface area contributed by atoms with Crippen LogP contribution < -0.4 is 5.32 Å². The minimum absolute atomic E-state index is 0.0273. The molecule has 0 bridgehead atoms. The molecule has 2 N–H and O–H groups in total. The lowest BCUT2D eigenvalue weighted by Gasteiger charge is -2.08. The Bertz CT molecular complexity index is 713. The van der Waals surface area contributed by atoms with Gasteiger partial charge in [0, 0.05) is 0 Å². The van der Waals surface area contributed by atoms with Crippen LogP contribution in [0, 0.1) is 34.0 Å². The maximum absolute atomic E-state index is 11.5. The van der Waals surface area contributed by atoms with Crippen LogP contribution in [0.1, 0.15) is 10.4 Å². The molecule has 0 aromatic heterocycles. The first-order chi connectivity index (χ1) is 9.54. The van der Waals surface area contributed by atoms with Crippen LogP contribution in [0.4, 0.5) is 5.69 Å². The zero-order chi connectivity index (χ0) is 15.1. The van der Waals surface area contributed by atoms with Crippen LogP contribution >= 0.6 is 0 Å². The van der Waals surface area contributed by atoms with Crippen LogP contribution in [0.5, 0.6) is 0 Å². The van der Waals surface area contributed by atoms with E-state index in [9.17, 15) is 9.59 Å². The number of anilines is 1. The number of aliphatic carboxylic acids is 1. The molecule has 0 atom stereocenters. The Morgan fingerprint density at radius 2 is 1.65 bits per heavy atom. The van der Waals surface area contributed by atoms with E-state index in [1.807, 2.05) is 0 Å². The Morgan fingerprint density at radius 3 is 2.15 bits per heavy atom. The Kier molecular flexibility index (Phi) is 4.58. The number of hydrogen-bond acceptors (Lipinski definition) is 6. The van der Waals surface area contributed by atoms with E-state index < -0.39 is 17.3 Å². The number of Topliss-reactive ketones (excluding diaryl/α,β-unsaturated/α-hetero) is 1. The number of benzene rings is 1. The lowest BCUT2D eigenvalue weighted by Crippen LogP contribution is -2.15. The minimum Gasteiger partial charge on any atom is -0.475 e. The molecule has 20 heavy (non-hydrogen) atoms. The Morgan fingerprint density at radius 1 is 1.05 bits per heavy atom. The average Bonchev–Trinajstić information content (AvgIpc) is 2.46. The van der Waals surface area contributed by atoms with Gasteiger partial charge in [-0.15, -0.1) is 0 Å². The van der Waals surface area contributed by atoms with E-state index in [0.29, 0.717) is 0 Å². The largest absolute Gasteiger partial charge is 0.475 e. The van der Waals surface area contributed by atoms with Gasteiger partial charge in [0.2, 0.25) is 0 Å². The number of rotatable bonds is 4. The standard InChI is InChI=1S/C13H6N4O3/c14-5-8(6-15)11(7-16)17-10-4-2-1-3-9(10)12(18)13(19)20/h1-4,17H,(H,19,20). The van der Waals surface area contributed by atoms with Crippen molar-refractivity contribution in [3.63, 3.8) is 0 Å². The van der Waals surface area contributed by atoms with Gasteiger partial charge in [-0.1, -0.05) is 12.1 Å². The molecular weight excluding hydrogens is 260 g/mol. The third-order valence-electron chi connectivity index (χ3n) is 2.21. The number of ketones is 1. The van der Waals surface area contributed by atoms with E-state index >= 15 is 0 Å². The lowest BCUT2D eigenvalue weighted by atomic mass is 10.1.